The van der Waals surface area contributed by atoms with Crippen molar-refractivity contribution in [3.05, 3.63) is 58.1 Å². The molecule has 0 bridgehead atoms. The van der Waals surface area contributed by atoms with Crippen molar-refractivity contribution in [3.8, 4) is 11.5 Å². The molecule has 0 aromatic heterocycles. The molecule has 2 aromatic carbocycles. The lowest BCUT2D eigenvalue weighted by Crippen LogP contribution is -2.05. The molecule has 1 N–H and O–H groups in total. The van der Waals surface area contributed by atoms with Crippen molar-refractivity contribution < 1.29 is 23.2 Å². The molecule has 0 heterocycles. The molecule has 0 amide bonds. The van der Waals surface area contributed by atoms with E-state index in [1.165, 1.54) is 37.4 Å². The highest BCUT2D eigenvalue weighted by molar-refractivity contribution is 5.99. The van der Waals surface area contributed by atoms with Crippen LogP contribution < -0.4 is 14.9 Å². The van der Waals surface area contributed by atoms with E-state index in [1.54, 1.807) is 19.1 Å². The van der Waals surface area contributed by atoms with Crippen molar-refractivity contribution in [1.29, 1.82) is 0 Å². The molecule has 9 heteroatoms. The van der Waals surface area contributed by atoms with E-state index in [0.29, 0.717) is 11.3 Å². The van der Waals surface area contributed by atoms with Crippen LogP contribution in [0.3, 0.4) is 0 Å². The van der Waals surface area contributed by atoms with Crippen LogP contribution in [-0.4, -0.2) is 24.4 Å². The van der Waals surface area contributed by atoms with Gasteiger partial charge in [-0.05, 0) is 31.2 Å². The molecular weight excluding hydrogens is 336 g/mol. The number of nitrogens with zero attached hydrogens (tertiary/aromatic N) is 2. The van der Waals surface area contributed by atoms with Crippen molar-refractivity contribution in [1.82, 2.24) is 0 Å². The molecule has 0 aliphatic heterocycles. The van der Waals surface area contributed by atoms with E-state index in [-0.39, 0.29) is 22.9 Å². The normalized spacial score (nSPS) is 11.3. The maximum atomic E-state index is 12.3. The van der Waals surface area contributed by atoms with Crippen molar-refractivity contribution in [2.24, 2.45) is 5.10 Å². The highest BCUT2D eigenvalue weighted by atomic mass is 19.3. The summed E-state index contributed by atoms with van der Waals surface area (Å²) in [6, 6.07) is 10.4. The Morgan fingerprint density at radius 1 is 1.24 bits per heavy atom. The van der Waals surface area contributed by atoms with Gasteiger partial charge in [-0.3, -0.25) is 15.5 Å². The van der Waals surface area contributed by atoms with Crippen molar-refractivity contribution >= 4 is 17.1 Å². The van der Waals surface area contributed by atoms with E-state index in [2.05, 4.69) is 15.3 Å². The van der Waals surface area contributed by atoms with Gasteiger partial charge in [0.2, 0.25) is 0 Å². The molecule has 25 heavy (non-hydrogen) atoms. The predicted octanol–water partition coefficient (Wildman–Crippen LogP) is 4.04. The first kappa shape index (κ1) is 18.1. The lowest BCUT2D eigenvalue weighted by Gasteiger charge is -2.11. The Hall–Kier alpha value is -3.23. The first-order valence-corrected chi connectivity index (χ1v) is 7.09. The molecule has 0 saturated carbocycles. The Morgan fingerprint density at radius 2 is 1.96 bits per heavy atom. The number of nitrogens with one attached hydrogen (secondary N) is 1. The van der Waals surface area contributed by atoms with E-state index in [9.17, 15) is 18.9 Å². The number of hydrazone groups is 1. The first-order valence-electron chi connectivity index (χ1n) is 7.09. The second-order valence-electron chi connectivity index (χ2n) is 4.83. The number of nitro benzene ring substituents is 1. The second kappa shape index (κ2) is 8.04. The van der Waals surface area contributed by atoms with E-state index in [0.717, 1.165) is 0 Å². The summed E-state index contributed by atoms with van der Waals surface area (Å²) in [5.41, 5.74) is 3.80. The molecule has 132 valence electrons. The lowest BCUT2D eigenvalue weighted by molar-refractivity contribution is -0.384. The minimum Gasteiger partial charge on any atom is -0.493 e. The average Bonchev–Trinajstić information content (AvgIpc) is 2.59. The smallest absolute Gasteiger partial charge is 0.387 e. The van der Waals surface area contributed by atoms with E-state index in [4.69, 9.17) is 4.74 Å². The Labute approximate surface area is 142 Å². The van der Waals surface area contributed by atoms with Gasteiger partial charge in [-0.15, -0.1) is 0 Å². The Bertz CT molecular complexity index is 797. The highest BCUT2D eigenvalue weighted by Gasteiger charge is 2.13. The average molecular weight is 351 g/mol. The monoisotopic (exact) mass is 351 g/mol. The summed E-state index contributed by atoms with van der Waals surface area (Å²) in [7, 11) is 1.33. The van der Waals surface area contributed by atoms with Crippen LogP contribution >= 0.6 is 0 Å². The fourth-order valence-corrected chi connectivity index (χ4v) is 2.02. The van der Waals surface area contributed by atoms with Gasteiger partial charge in [0.1, 0.15) is 5.69 Å². The van der Waals surface area contributed by atoms with Crippen LogP contribution in [0, 0.1) is 10.1 Å². The number of alkyl halides is 2. The summed E-state index contributed by atoms with van der Waals surface area (Å²) in [4.78, 5) is 10.4. The van der Waals surface area contributed by atoms with Crippen LogP contribution in [0.1, 0.15) is 12.5 Å². The second-order valence-corrected chi connectivity index (χ2v) is 4.83. The standard InChI is InChI=1S/C16H15F2N3O4/c1-10(19-20-12-5-3-4-6-13(12)21(22)23)11-7-8-14(25-16(17)18)15(9-11)24-2/h3-9,16,20H,1-2H3/b19-10-. The molecule has 0 aliphatic carbocycles. The van der Waals surface area contributed by atoms with Crippen LogP contribution in [-0.2, 0) is 0 Å². The highest BCUT2D eigenvalue weighted by Crippen LogP contribution is 2.30. The molecule has 0 saturated heterocycles. The fraction of sp³-hybridized carbons (Fsp3) is 0.188. The summed E-state index contributed by atoms with van der Waals surface area (Å²) in [6.45, 7) is -1.31. The Morgan fingerprint density at radius 3 is 2.60 bits per heavy atom. The Kier molecular flexibility index (Phi) is 5.83. The SMILES string of the molecule is COc1cc(/C(C)=N\Nc2ccccc2[N+](=O)[O-])ccc1OC(F)F. The molecule has 0 fully saturated rings. The molecule has 2 aromatic rings. The third-order valence-corrected chi connectivity index (χ3v) is 3.24. The lowest BCUT2D eigenvalue weighted by atomic mass is 10.1. The molecule has 0 radical (unpaired) electrons. The van der Waals surface area contributed by atoms with Gasteiger partial charge < -0.3 is 9.47 Å². The summed E-state index contributed by atoms with van der Waals surface area (Å²) >= 11 is 0. The molecule has 0 aliphatic rings. The molecule has 0 unspecified atom stereocenters. The number of rotatable bonds is 7. The number of ether oxygens (including phenoxy) is 2. The molecular formula is C16H15F2N3O4. The van der Waals surface area contributed by atoms with Gasteiger partial charge >= 0.3 is 6.61 Å². The van der Waals surface area contributed by atoms with Crippen LogP contribution in [0.25, 0.3) is 0 Å². The van der Waals surface area contributed by atoms with Crippen molar-refractivity contribution in [2.45, 2.75) is 13.5 Å². The summed E-state index contributed by atoms with van der Waals surface area (Å²) in [5.74, 6) is 0.0266. The number of anilines is 1. The summed E-state index contributed by atoms with van der Waals surface area (Å²) in [5, 5.41) is 15.1. The number of hydrogen-bond acceptors (Lipinski definition) is 6. The quantitative estimate of drug-likeness (QED) is 0.462. The molecule has 0 atom stereocenters. The first-order chi connectivity index (χ1) is 11.9. The zero-order chi connectivity index (χ0) is 18.4. The largest absolute Gasteiger partial charge is 0.493 e. The topological polar surface area (TPSA) is 86.0 Å². The van der Waals surface area contributed by atoms with Gasteiger partial charge in [0, 0.05) is 11.6 Å². The van der Waals surface area contributed by atoms with Gasteiger partial charge in [0.15, 0.2) is 11.5 Å². The van der Waals surface area contributed by atoms with Gasteiger partial charge in [-0.2, -0.15) is 13.9 Å². The predicted molar refractivity (Wildman–Crippen MR) is 88.6 cm³/mol. The molecule has 0 spiro atoms. The number of methoxy groups -OCH3 is 1. The molecule has 7 nitrogen and oxygen atoms in total. The third kappa shape index (κ3) is 4.63. The van der Waals surface area contributed by atoms with Crippen molar-refractivity contribution in [3.63, 3.8) is 0 Å². The fourth-order valence-electron chi connectivity index (χ4n) is 2.02. The maximum absolute atomic E-state index is 12.3. The van der Waals surface area contributed by atoms with Crippen molar-refractivity contribution in [2.75, 3.05) is 12.5 Å². The van der Waals surface area contributed by atoms with Crippen LogP contribution in [0.2, 0.25) is 0 Å². The number of benzene rings is 2. The maximum Gasteiger partial charge on any atom is 0.387 e. The van der Waals surface area contributed by atoms with Gasteiger partial charge in [0.05, 0.1) is 17.7 Å². The zero-order valence-electron chi connectivity index (χ0n) is 13.4. The number of para-hydroxylation sites is 2. The number of nitro groups is 1. The Balaban J connectivity index is 2.24. The van der Waals surface area contributed by atoms with Crippen LogP contribution in [0.4, 0.5) is 20.2 Å². The number of hydrogen-bond donors (Lipinski definition) is 1. The van der Waals surface area contributed by atoms with Crippen LogP contribution in [0.15, 0.2) is 47.6 Å². The summed E-state index contributed by atoms with van der Waals surface area (Å²) < 4.78 is 34.1. The summed E-state index contributed by atoms with van der Waals surface area (Å²) in [6.07, 6.45) is 0. The minimum atomic E-state index is -2.96. The molecule has 2 rings (SSSR count). The van der Waals surface area contributed by atoms with Gasteiger partial charge in [-0.25, -0.2) is 0 Å². The zero-order valence-corrected chi connectivity index (χ0v) is 13.4. The van der Waals surface area contributed by atoms with E-state index in [1.807, 2.05) is 0 Å². The van der Waals surface area contributed by atoms with E-state index < -0.39 is 11.5 Å². The van der Waals surface area contributed by atoms with Gasteiger partial charge in [0.25, 0.3) is 5.69 Å². The third-order valence-electron chi connectivity index (χ3n) is 3.24. The van der Waals surface area contributed by atoms with E-state index >= 15 is 0 Å². The number of halogens is 2. The minimum absolute atomic E-state index is 0.0966. The van der Waals surface area contributed by atoms with Crippen LogP contribution in [0.5, 0.6) is 11.5 Å². The van der Waals surface area contributed by atoms with Gasteiger partial charge in [-0.1, -0.05) is 12.1 Å².